The number of anilines is 1. The number of benzene rings is 1. The fraction of sp³-hybridized carbons (Fsp3) is 0.263. The van der Waals surface area contributed by atoms with E-state index in [1.54, 1.807) is 10.9 Å². The summed E-state index contributed by atoms with van der Waals surface area (Å²) in [5.41, 5.74) is 1.80. The highest BCUT2D eigenvalue weighted by atomic mass is 16.2. The fourth-order valence-corrected chi connectivity index (χ4v) is 3.14. The minimum Gasteiger partial charge on any atom is -0.352 e. The normalized spacial score (nSPS) is 14.5. The highest BCUT2D eigenvalue weighted by molar-refractivity contribution is 5.95. The van der Waals surface area contributed by atoms with Crippen molar-refractivity contribution < 1.29 is 4.79 Å². The van der Waals surface area contributed by atoms with E-state index in [-0.39, 0.29) is 5.91 Å². The van der Waals surface area contributed by atoms with Crippen molar-refractivity contribution in [2.45, 2.75) is 6.92 Å². The smallest absolute Gasteiger partial charge is 0.254 e. The summed E-state index contributed by atoms with van der Waals surface area (Å²) >= 11 is 0. The van der Waals surface area contributed by atoms with Crippen LogP contribution in [0.3, 0.4) is 0 Å². The molecule has 7 nitrogen and oxygen atoms in total. The first-order valence-electron chi connectivity index (χ1n) is 8.66. The summed E-state index contributed by atoms with van der Waals surface area (Å²) in [6.07, 6.45) is 3.54. The average molecular weight is 348 g/mol. The van der Waals surface area contributed by atoms with Crippen LogP contribution >= 0.6 is 0 Å². The van der Waals surface area contributed by atoms with Crippen molar-refractivity contribution in [2.75, 3.05) is 31.1 Å². The molecule has 0 saturated carbocycles. The van der Waals surface area contributed by atoms with Crippen molar-refractivity contribution in [3.05, 3.63) is 66.0 Å². The van der Waals surface area contributed by atoms with Gasteiger partial charge in [0.05, 0.1) is 0 Å². The van der Waals surface area contributed by atoms with E-state index in [0.29, 0.717) is 18.9 Å². The van der Waals surface area contributed by atoms with Crippen molar-refractivity contribution >= 4 is 11.7 Å². The molecule has 1 saturated heterocycles. The third-order valence-electron chi connectivity index (χ3n) is 4.64. The van der Waals surface area contributed by atoms with E-state index in [2.05, 4.69) is 20.2 Å². The lowest BCUT2D eigenvalue weighted by Crippen LogP contribution is -2.49. The first-order valence-corrected chi connectivity index (χ1v) is 8.66. The Morgan fingerprint density at radius 3 is 2.31 bits per heavy atom. The molecule has 2 aromatic heterocycles. The molecular formula is C19H20N6O. The van der Waals surface area contributed by atoms with E-state index in [1.807, 2.05) is 60.5 Å². The second-order valence-electron chi connectivity index (χ2n) is 6.29. The highest BCUT2D eigenvalue weighted by Gasteiger charge is 2.23. The van der Waals surface area contributed by atoms with Crippen LogP contribution in [-0.4, -0.2) is 57.0 Å². The van der Waals surface area contributed by atoms with Crippen LogP contribution in [0.2, 0.25) is 0 Å². The highest BCUT2D eigenvalue weighted by Crippen LogP contribution is 2.16. The zero-order chi connectivity index (χ0) is 17.9. The standard InChI is InChI=1S/C19H20N6O/c1-15-5-2-3-6-16(15)19(26)24-13-11-23(12-14-24)17-7-8-18(22-21-17)25-10-4-9-20-25/h2-10H,11-14H2,1H3. The Kier molecular flexibility index (Phi) is 4.35. The number of carbonyl (C=O) groups is 1. The molecule has 132 valence electrons. The minimum atomic E-state index is 0.0999. The van der Waals surface area contributed by atoms with E-state index in [0.717, 1.165) is 30.0 Å². The van der Waals surface area contributed by atoms with Gasteiger partial charge in [0.2, 0.25) is 0 Å². The van der Waals surface area contributed by atoms with Crippen LogP contribution in [-0.2, 0) is 0 Å². The molecule has 0 bridgehead atoms. The zero-order valence-electron chi connectivity index (χ0n) is 14.6. The van der Waals surface area contributed by atoms with Gasteiger partial charge < -0.3 is 9.80 Å². The van der Waals surface area contributed by atoms with Crippen molar-refractivity contribution in [2.24, 2.45) is 0 Å². The monoisotopic (exact) mass is 348 g/mol. The molecule has 3 aromatic rings. The lowest BCUT2D eigenvalue weighted by molar-refractivity contribution is 0.0745. The summed E-state index contributed by atoms with van der Waals surface area (Å²) < 4.78 is 1.68. The molecule has 1 fully saturated rings. The Hall–Kier alpha value is -3.22. The van der Waals surface area contributed by atoms with Gasteiger partial charge in [-0.2, -0.15) is 5.10 Å². The van der Waals surface area contributed by atoms with Crippen molar-refractivity contribution in [1.82, 2.24) is 24.9 Å². The molecule has 0 unspecified atom stereocenters. The summed E-state index contributed by atoms with van der Waals surface area (Å²) in [6, 6.07) is 13.4. The number of piperazine rings is 1. The molecule has 1 amide bonds. The SMILES string of the molecule is Cc1ccccc1C(=O)N1CCN(c2ccc(-n3cccn3)nn2)CC1. The van der Waals surface area contributed by atoms with Crippen LogP contribution in [0.5, 0.6) is 0 Å². The number of hydrogen-bond donors (Lipinski definition) is 0. The molecule has 1 aliphatic heterocycles. The fourth-order valence-electron chi connectivity index (χ4n) is 3.14. The quantitative estimate of drug-likeness (QED) is 0.724. The summed E-state index contributed by atoms with van der Waals surface area (Å²) in [7, 11) is 0. The first-order chi connectivity index (χ1) is 12.7. The number of carbonyl (C=O) groups excluding carboxylic acids is 1. The molecule has 0 atom stereocenters. The van der Waals surface area contributed by atoms with E-state index >= 15 is 0 Å². The number of nitrogens with zero attached hydrogens (tertiary/aromatic N) is 6. The number of amides is 1. The van der Waals surface area contributed by atoms with Gasteiger partial charge in [0, 0.05) is 44.1 Å². The topological polar surface area (TPSA) is 67.2 Å². The van der Waals surface area contributed by atoms with E-state index < -0.39 is 0 Å². The van der Waals surface area contributed by atoms with Gasteiger partial charge in [-0.15, -0.1) is 10.2 Å². The molecule has 0 spiro atoms. The van der Waals surface area contributed by atoms with Crippen molar-refractivity contribution in [3.63, 3.8) is 0 Å². The Morgan fingerprint density at radius 1 is 0.923 bits per heavy atom. The van der Waals surface area contributed by atoms with Gasteiger partial charge in [0.15, 0.2) is 11.6 Å². The number of aryl methyl sites for hydroxylation is 1. The van der Waals surface area contributed by atoms with Gasteiger partial charge in [0.1, 0.15) is 0 Å². The summed E-state index contributed by atoms with van der Waals surface area (Å²) in [5, 5.41) is 12.7. The van der Waals surface area contributed by atoms with Crippen LogP contribution in [0.25, 0.3) is 5.82 Å². The molecule has 1 aliphatic rings. The maximum absolute atomic E-state index is 12.7. The predicted molar refractivity (Wildman–Crippen MR) is 98.4 cm³/mol. The van der Waals surface area contributed by atoms with E-state index in [9.17, 15) is 4.79 Å². The van der Waals surface area contributed by atoms with Crippen LogP contribution < -0.4 is 4.90 Å². The van der Waals surface area contributed by atoms with Crippen molar-refractivity contribution in [1.29, 1.82) is 0 Å². The largest absolute Gasteiger partial charge is 0.352 e. The summed E-state index contributed by atoms with van der Waals surface area (Å²) in [5.74, 6) is 1.61. The second-order valence-corrected chi connectivity index (χ2v) is 6.29. The maximum atomic E-state index is 12.7. The number of aromatic nitrogens is 4. The van der Waals surface area contributed by atoms with Crippen molar-refractivity contribution in [3.8, 4) is 5.82 Å². The van der Waals surface area contributed by atoms with Crippen LogP contribution in [0, 0.1) is 6.92 Å². The summed E-state index contributed by atoms with van der Waals surface area (Å²) in [4.78, 5) is 16.8. The minimum absolute atomic E-state index is 0.0999. The molecule has 0 N–H and O–H groups in total. The zero-order valence-corrected chi connectivity index (χ0v) is 14.6. The van der Waals surface area contributed by atoms with Gasteiger partial charge in [-0.1, -0.05) is 18.2 Å². The molecule has 0 aliphatic carbocycles. The Labute approximate surface area is 151 Å². The van der Waals surface area contributed by atoms with Gasteiger partial charge in [-0.05, 0) is 36.8 Å². The molecular weight excluding hydrogens is 328 g/mol. The van der Waals surface area contributed by atoms with Crippen LogP contribution in [0.1, 0.15) is 15.9 Å². The molecule has 4 rings (SSSR count). The maximum Gasteiger partial charge on any atom is 0.254 e. The lowest BCUT2D eigenvalue weighted by atomic mass is 10.1. The number of hydrogen-bond acceptors (Lipinski definition) is 5. The molecule has 26 heavy (non-hydrogen) atoms. The Balaban J connectivity index is 1.40. The van der Waals surface area contributed by atoms with Crippen LogP contribution in [0.15, 0.2) is 54.9 Å². The third-order valence-corrected chi connectivity index (χ3v) is 4.64. The van der Waals surface area contributed by atoms with Crippen LogP contribution in [0.4, 0.5) is 5.82 Å². The molecule has 7 heteroatoms. The molecule has 3 heterocycles. The van der Waals surface area contributed by atoms with Gasteiger partial charge >= 0.3 is 0 Å². The predicted octanol–water partition coefficient (Wildman–Crippen LogP) is 1.93. The average Bonchev–Trinajstić information content (AvgIpc) is 3.23. The van der Waals surface area contributed by atoms with Gasteiger partial charge in [-0.25, -0.2) is 4.68 Å². The molecule has 1 aromatic carbocycles. The Bertz CT molecular complexity index is 883. The third kappa shape index (κ3) is 3.15. The summed E-state index contributed by atoms with van der Waals surface area (Å²) in [6.45, 7) is 4.81. The number of rotatable bonds is 3. The van der Waals surface area contributed by atoms with E-state index in [1.165, 1.54) is 0 Å². The lowest BCUT2D eigenvalue weighted by Gasteiger charge is -2.35. The Morgan fingerprint density at radius 2 is 1.65 bits per heavy atom. The van der Waals surface area contributed by atoms with Gasteiger partial charge in [-0.3, -0.25) is 4.79 Å². The van der Waals surface area contributed by atoms with Gasteiger partial charge in [0.25, 0.3) is 5.91 Å². The first kappa shape index (κ1) is 16.3. The molecule has 0 radical (unpaired) electrons. The van der Waals surface area contributed by atoms with E-state index in [4.69, 9.17) is 0 Å². The second kappa shape index (κ2) is 6.95.